The molecule has 0 saturated carbocycles. The van der Waals surface area contributed by atoms with Crippen molar-refractivity contribution >= 4 is 5.69 Å². The third kappa shape index (κ3) is 3.15. The second kappa shape index (κ2) is 6.19. The van der Waals surface area contributed by atoms with Crippen molar-refractivity contribution < 1.29 is 14.2 Å². The number of aryl methyl sites for hydroxylation is 1. The van der Waals surface area contributed by atoms with Gasteiger partial charge in [-0.3, -0.25) is 0 Å². The van der Waals surface area contributed by atoms with Crippen LogP contribution in [0, 0.1) is 6.92 Å². The average molecular weight is 273 g/mol. The third-order valence-corrected chi connectivity index (χ3v) is 3.03. The van der Waals surface area contributed by atoms with Gasteiger partial charge in [-0.2, -0.15) is 0 Å². The van der Waals surface area contributed by atoms with Gasteiger partial charge >= 0.3 is 0 Å². The molecule has 0 amide bonds. The van der Waals surface area contributed by atoms with Gasteiger partial charge in [0, 0.05) is 11.6 Å². The molecule has 0 spiro atoms. The second-order valence-electron chi connectivity index (χ2n) is 4.51. The van der Waals surface area contributed by atoms with Crippen LogP contribution in [-0.2, 0) is 6.61 Å². The molecular weight excluding hydrogens is 254 g/mol. The fourth-order valence-corrected chi connectivity index (χ4v) is 1.98. The number of nitrogens with two attached hydrogens (primary N) is 1. The van der Waals surface area contributed by atoms with Crippen LogP contribution >= 0.6 is 0 Å². The highest BCUT2D eigenvalue weighted by atomic mass is 16.5. The summed E-state index contributed by atoms with van der Waals surface area (Å²) in [5.41, 5.74) is 8.58. The Balaban J connectivity index is 2.12. The largest absolute Gasteiger partial charge is 0.496 e. The molecule has 0 aromatic heterocycles. The first-order valence-corrected chi connectivity index (χ1v) is 6.34. The van der Waals surface area contributed by atoms with E-state index in [1.165, 1.54) is 5.56 Å². The lowest BCUT2D eigenvalue weighted by atomic mass is 10.1. The third-order valence-electron chi connectivity index (χ3n) is 3.03. The lowest BCUT2D eigenvalue weighted by Crippen LogP contribution is -2.00. The minimum absolute atomic E-state index is 0.427. The molecule has 0 aliphatic carbocycles. The normalized spacial score (nSPS) is 10.2. The van der Waals surface area contributed by atoms with E-state index in [1.807, 2.05) is 31.2 Å². The van der Waals surface area contributed by atoms with Crippen LogP contribution in [0.25, 0.3) is 0 Å². The van der Waals surface area contributed by atoms with Crippen molar-refractivity contribution in [3.8, 4) is 17.2 Å². The van der Waals surface area contributed by atoms with E-state index in [0.29, 0.717) is 23.8 Å². The van der Waals surface area contributed by atoms with E-state index in [2.05, 4.69) is 0 Å². The van der Waals surface area contributed by atoms with Crippen molar-refractivity contribution in [2.24, 2.45) is 0 Å². The van der Waals surface area contributed by atoms with E-state index in [-0.39, 0.29) is 0 Å². The van der Waals surface area contributed by atoms with Crippen LogP contribution in [0.2, 0.25) is 0 Å². The van der Waals surface area contributed by atoms with E-state index >= 15 is 0 Å². The van der Waals surface area contributed by atoms with Gasteiger partial charge in [0.2, 0.25) is 0 Å². The van der Waals surface area contributed by atoms with Gasteiger partial charge in [0.25, 0.3) is 0 Å². The molecule has 0 fully saturated rings. The number of anilines is 1. The van der Waals surface area contributed by atoms with Crippen LogP contribution in [0.15, 0.2) is 36.4 Å². The first kappa shape index (κ1) is 14.1. The fourth-order valence-electron chi connectivity index (χ4n) is 1.98. The summed E-state index contributed by atoms with van der Waals surface area (Å²) in [5.74, 6) is 2.16. The van der Waals surface area contributed by atoms with Crippen LogP contribution < -0.4 is 19.9 Å². The molecule has 106 valence electrons. The maximum Gasteiger partial charge on any atom is 0.142 e. The fraction of sp³-hybridized carbons (Fsp3) is 0.250. The Kier molecular flexibility index (Phi) is 4.35. The summed E-state index contributed by atoms with van der Waals surface area (Å²) in [6, 6.07) is 11.4. The molecule has 20 heavy (non-hydrogen) atoms. The molecule has 0 heterocycles. The van der Waals surface area contributed by atoms with Crippen LogP contribution in [-0.4, -0.2) is 14.2 Å². The quantitative estimate of drug-likeness (QED) is 0.850. The first-order valence-electron chi connectivity index (χ1n) is 6.34. The molecule has 2 aromatic carbocycles. The van der Waals surface area contributed by atoms with E-state index in [1.54, 1.807) is 26.4 Å². The number of nitrogen functional groups attached to an aromatic ring is 1. The summed E-state index contributed by atoms with van der Waals surface area (Å²) in [7, 11) is 3.24. The van der Waals surface area contributed by atoms with Gasteiger partial charge in [0.15, 0.2) is 0 Å². The second-order valence-corrected chi connectivity index (χ2v) is 4.51. The summed E-state index contributed by atoms with van der Waals surface area (Å²) in [5, 5.41) is 0. The molecule has 4 nitrogen and oxygen atoms in total. The van der Waals surface area contributed by atoms with E-state index in [4.69, 9.17) is 19.9 Å². The van der Waals surface area contributed by atoms with E-state index in [9.17, 15) is 0 Å². The van der Waals surface area contributed by atoms with Crippen molar-refractivity contribution in [3.63, 3.8) is 0 Å². The first-order chi connectivity index (χ1) is 9.63. The molecular formula is C16H19NO3. The van der Waals surface area contributed by atoms with Gasteiger partial charge in [-0.05, 0) is 31.2 Å². The predicted octanol–water partition coefficient (Wildman–Crippen LogP) is 3.17. The number of ether oxygens (including phenoxy) is 3. The molecule has 2 aromatic rings. The molecule has 0 aliphatic heterocycles. The van der Waals surface area contributed by atoms with E-state index < -0.39 is 0 Å². The van der Waals surface area contributed by atoms with Crippen molar-refractivity contribution in [2.45, 2.75) is 13.5 Å². The Bertz CT molecular complexity index is 596. The molecule has 0 atom stereocenters. The molecule has 4 heteroatoms. The van der Waals surface area contributed by atoms with Crippen LogP contribution in [0.3, 0.4) is 0 Å². The average Bonchev–Trinajstić information content (AvgIpc) is 2.45. The molecule has 0 aliphatic rings. The van der Waals surface area contributed by atoms with Gasteiger partial charge in [-0.25, -0.2) is 0 Å². The zero-order chi connectivity index (χ0) is 14.5. The van der Waals surface area contributed by atoms with Gasteiger partial charge < -0.3 is 19.9 Å². The lowest BCUT2D eigenvalue weighted by Gasteiger charge is -2.12. The Morgan fingerprint density at radius 3 is 2.30 bits per heavy atom. The van der Waals surface area contributed by atoms with Gasteiger partial charge in [0.1, 0.15) is 23.9 Å². The summed E-state index contributed by atoms with van der Waals surface area (Å²) in [6.07, 6.45) is 0. The van der Waals surface area contributed by atoms with Crippen molar-refractivity contribution in [1.82, 2.24) is 0 Å². The highest BCUT2D eigenvalue weighted by Gasteiger charge is 2.06. The van der Waals surface area contributed by atoms with Crippen LogP contribution in [0.5, 0.6) is 17.2 Å². The molecule has 0 saturated heterocycles. The summed E-state index contributed by atoms with van der Waals surface area (Å²) in [4.78, 5) is 0. The highest BCUT2D eigenvalue weighted by Crippen LogP contribution is 2.27. The van der Waals surface area contributed by atoms with Crippen molar-refractivity contribution in [3.05, 3.63) is 47.5 Å². The number of rotatable bonds is 5. The highest BCUT2D eigenvalue weighted by molar-refractivity contribution is 5.56. The number of methoxy groups -OCH3 is 2. The smallest absolute Gasteiger partial charge is 0.142 e. The molecule has 2 N–H and O–H groups in total. The van der Waals surface area contributed by atoms with Crippen molar-refractivity contribution in [2.75, 3.05) is 20.0 Å². The maximum atomic E-state index is 5.85. The Morgan fingerprint density at radius 2 is 1.65 bits per heavy atom. The van der Waals surface area contributed by atoms with Gasteiger partial charge in [0.05, 0.1) is 19.9 Å². The number of hydrogen-bond acceptors (Lipinski definition) is 4. The topological polar surface area (TPSA) is 53.7 Å². The number of benzene rings is 2. The molecule has 0 unspecified atom stereocenters. The zero-order valence-corrected chi connectivity index (χ0v) is 12.0. The van der Waals surface area contributed by atoms with Crippen LogP contribution in [0.4, 0.5) is 5.69 Å². The molecule has 0 bridgehead atoms. The number of hydrogen-bond donors (Lipinski definition) is 1. The standard InChI is InChI=1S/C16H19NO3/c1-11-4-6-15(18-2)12(8-11)10-20-13-5-7-16(19-3)14(17)9-13/h4-9H,10,17H2,1-3H3. The molecule has 0 radical (unpaired) electrons. The minimum Gasteiger partial charge on any atom is -0.496 e. The lowest BCUT2D eigenvalue weighted by molar-refractivity contribution is 0.296. The zero-order valence-electron chi connectivity index (χ0n) is 12.0. The summed E-state index contributed by atoms with van der Waals surface area (Å²) >= 11 is 0. The SMILES string of the molecule is COc1ccc(OCc2cc(C)ccc2OC)cc1N. The Labute approximate surface area is 119 Å². The minimum atomic E-state index is 0.427. The Morgan fingerprint density at radius 1 is 0.950 bits per heavy atom. The van der Waals surface area contributed by atoms with Crippen molar-refractivity contribution in [1.29, 1.82) is 0 Å². The summed E-state index contributed by atoms with van der Waals surface area (Å²) < 4.78 is 16.2. The van der Waals surface area contributed by atoms with Gasteiger partial charge in [-0.1, -0.05) is 11.6 Å². The predicted molar refractivity (Wildman–Crippen MR) is 79.5 cm³/mol. The summed E-state index contributed by atoms with van der Waals surface area (Å²) in [6.45, 7) is 2.46. The monoisotopic (exact) mass is 273 g/mol. The Hall–Kier alpha value is -2.36. The van der Waals surface area contributed by atoms with E-state index in [0.717, 1.165) is 11.3 Å². The van der Waals surface area contributed by atoms with Gasteiger partial charge in [-0.15, -0.1) is 0 Å². The van der Waals surface area contributed by atoms with Crippen LogP contribution in [0.1, 0.15) is 11.1 Å². The molecule has 2 rings (SSSR count). The maximum absolute atomic E-state index is 5.85.